The largest absolute Gasteiger partial charge is 0.489 e. The number of hydrogen-bond donors (Lipinski definition) is 1. The maximum atomic E-state index is 12.6. The van der Waals surface area contributed by atoms with Crippen LogP contribution in [0.2, 0.25) is 0 Å². The molecule has 0 aliphatic carbocycles. The smallest absolute Gasteiger partial charge is 0.340 e. The lowest BCUT2D eigenvalue weighted by Crippen LogP contribution is -2.20. The summed E-state index contributed by atoms with van der Waals surface area (Å²) in [4.78, 5) is 36.5. The van der Waals surface area contributed by atoms with E-state index in [4.69, 9.17) is 13.6 Å². The summed E-state index contributed by atoms with van der Waals surface area (Å²) >= 11 is 0. The first-order valence-electron chi connectivity index (χ1n) is 9.97. The number of rotatable bonds is 6. The molecule has 0 unspecified atom stereocenters. The number of hydrogen-bond acceptors (Lipinski definition) is 6. The number of fused-ring (bicyclic) bond motifs is 2. The molecule has 0 fully saturated rings. The lowest BCUT2D eigenvalue weighted by molar-refractivity contribution is -0.115. The van der Waals surface area contributed by atoms with E-state index in [9.17, 15) is 14.4 Å². The highest BCUT2D eigenvalue weighted by atomic mass is 16.5. The summed E-state index contributed by atoms with van der Waals surface area (Å²) in [5.74, 6) is 0.207. The third-order valence-electron chi connectivity index (χ3n) is 4.98. The zero-order valence-electron chi connectivity index (χ0n) is 17.7. The van der Waals surface area contributed by atoms with Crippen LogP contribution in [-0.2, 0) is 11.2 Å². The standard InChI is InChI=1S/C25H21NO6/c1-14(2)13-30-18-6-7-19-15(3)20(25(29)32-22(19)11-18)12-23(27)26-17-5-8-21-16(10-17)4-9-24(28)31-21/h4-11H,1,12-13H2,2-3H3,(H,26,27). The van der Waals surface area contributed by atoms with Crippen molar-refractivity contribution < 1.29 is 18.4 Å². The van der Waals surface area contributed by atoms with Gasteiger partial charge in [0, 0.05) is 28.6 Å². The highest BCUT2D eigenvalue weighted by Gasteiger charge is 2.16. The van der Waals surface area contributed by atoms with E-state index in [0.29, 0.717) is 40.2 Å². The Morgan fingerprint density at radius 1 is 1.03 bits per heavy atom. The number of carbonyl (C=O) groups is 1. The lowest BCUT2D eigenvalue weighted by Gasteiger charge is -2.11. The summed E-state index contributed by atoms with van der Waals surface area (Å²) in [7, 11) is 0. The average molecular weight is 431 g/mol. The highest BCUT2D eigenvalue weighted by Crippen LogP contribution is 2.25. The summed E-state index contributed by atoms with van der Waals surface area (Å²) < 4.78 is 16.2. The minimum Gasteiger partial charge on any atom is -0.489 e. The molecule has 32 heavy (non-hydrogen) atoms. The summed E-state index contributed by atoms with van der Waals surface area (Å²) in [5.41, 5.74) is 2.18. The molecule has 162 valence electrons. The molecule has 0 spiro atoms. The zero-order chi connectivity index (χ0) is 22.8. The van der Waals surface area contributed by atoms with Gasteiger partial charge in [-0.15, -0.1) is 0 Å². The van der Waals surface area contributed by atoms with Gasteiger partial charge < -0.3 is 18.9 Å². The van der Waals surface area contributed by atoms with Gasteiger partial charge in [0.25, 0.3) is 0 Å². The van der Waals surface area contributed by atoms with Crippen LogP contribution in [0.5, 0.6) is 5.75 Å². The normalized spacial score (nSPS) is 10.9. The number of ether oxygens (including phenoxy) is 1. The second-order valence-corrected chi connectivity index (χ2v) is 7.63. The van der Waals surface area contributed by atoms with Crippen LogP contribution in [-0.4, -0.2) is 12.5 Å². The van der Waals surface area contributed by atoms with Crippen LogP contribution in [0.15, 0.2) is 79.1 Å². The molecule has 2 aromatic heterocycles. The number of benzene rings is 2. The van der Waals surface area contributed by atoms with Gasteiger partial charge in [-0.3, -0.25) is 4.79 Å². The number of anilines is 1. The van der Waals surface area contributed by atoms with Gasteiger partial charge >= 0.3 is 11.3 Å². The fourth-order valence-electron chi connectivity index (χ4n) is 3.39. The minimum atomic E-state index is -0.567. The Balaban J connectivity index is 1.56. The van der Waals surface area contributed by atoms with Gasteiger partial charge in [0.2, 0.25) is 5.91 Å². The first-order valence-corrected chi connectivity index (χ1v) is 9.97. The minimum absolute atomic E-state index is 0.139. The first-order chi connectivity index (χ1) is 15.3. The molecule has 4 aromatic rings. The van der Waals surface area contributed by atoms with Crippen molar-refractivity contribution in [1.82, 2.24) is 0 Å². The van der Waals surface area contributed by atoms with Crippen molar-refractivity contribution in [3.63, 3.8) is 0 Å². The van der Waals surface area contributed by atoms with Gasteiger partial charge in [0.1, 0.15) is 23.5 Å². The predicted molar refractivity (Wildman–Crippen MR) is 122 cm³/mol. The SMILES string of the molecule is C=C(C)COc1ccc2c(C)c(CC(=O)Nc3ccc4oc(=O)ccc4c3)c(=O)oc2c1. The Labute approximate surface area is 182 Å². The van der Waals surface area contributed by atoms with Crippen LogP contribution in [0, 0.1) is 6.92 Å². The summed E-state index contributed by atoms with van der Waals surface area (Å²) in [6.07, 6.45) is -0.139. The molecule has 0 bridgehead atoms. The van der Waals surface area contributed by atoms with Crippen molar-refractivity contribution in [3.8, 4) is 5.75 Å². The summed E-state index contributed by atoms with van der Waals surface area (Å²) in [6.45, 7) is 7.81. The molecule has 0 aliphatic heterocycles. The second kappa shape index (κ2) is 8.55. The summed E-state index contributed by atoms with van der Waals surface area (Å²) in [5, 5.41) is 4.18. The Hall–Kier alpha value is -4.13. The van der Waals surface area contributed by atoms with Crippen molar-refractivity contribution >= 4 is 33.5 Å². The fourth-order valence-corrected chi connectivity index (χ4v) is 3.39. The van der Waals surface area contributed by atoms with Crippen LogP contribution < -0.4 is 21.3 Å². The molecule has 7 nitrogen and oxygen atoms in total. The van der Waals surface area contributed by atoms with E-state index in [0.717, 1.165) is 11.0 Å². The first kappa shape index (κ1) is 21.1. The van der Waals surface area contributed by atoms with Gasteiger partial charge in [0.05, 0.1) is 12.0 Å². The molecule has 0 aliphatic rings. The maximum absolute atomic E-state index is 12.6. The topological polar surface area (TPSA) is 98.7 Å². The van der Waals surface area contributed by atoms with Crippen LogP contribution in [0.25, 0.3) is 21.9 Å². The average Bonchev–Trinajstić information content (AvgIpc) is 2.75. The second-order valence-electron chi connectivity index (χ2n) is 7.63. The molecule has 2 heterocycles. The Morgan fingerprint density at radius 3 is 2.62 bits per heavy atom. The predicted octanol–water partition coefficient (Wildman–Crippen LogP) is 4.34. The molecule has 0 radical (unpaired) electrons. The molecule has 0 saturated carbocycles. The van der Waals surface area contributed by atoms with Crippen molar-refractivity contribution in [3.05, 3.63) is 92.7 Å². The molecule has 7 heteroatoms. The van der Waals surface area contributed by atoms with Gasteiger partial charge in [0.15, 0.2) is 0 Å². The monoisotopic (exact) mass is 431 g/mol. The molecular weight excluding hydrogens is 410 g/mol. The lowest BCUT2D eigenvalue weighted by atomic mass is 10.0. The van der Waals surface area contributed by atoms with Crippen molar-refractivity contribution in [2.75, 3.05) is 11.9 Å². The van der Waals surface area contributed by atoms with Crippen LogP contribution >= 0.6 is 0 Å². The molecule has 4 rings (SSSR count). The van der Waals surface area contributed by atoms with E-state index >= 15 is 0 Å². The molecular formula is C25H21NO6. The van der Waals surface area contributed by atoms with Crippen LogP contribution in [0.3, 0.4) is 0 Å². The Morgan fingerprint density at radius 2 is 1.84 bits per heavy atom. The zero-order valence-corrected chi connectivity index (χ0v) is 17.7. The molecule has 0 atom stereocenters. The number of amides is 1. The van der Waals surface area contributed by atoms with Gasteiger partial charge in [-0.2, -0.15) is 0 Å². The van der Waals surface area contributed by atoms with E-state index in [2.05, 4.69) is 11.9 Å². The molecule has 0 saturated heterocycles. The third kappa shape index (κ3) is 4.46. The van der Waals surface area contributed by atoms with E-state index in [1.807, 2.05) is 6.92 Å². The number of aryl methyl sites for hydroxylation is 1. The van der Waals surface area contributed by atoms with Crippen molar-refractivity contribution in [1.29, 1.82) is 0 Å². The van der Waals surface area contributed by atoms with E-state index in [1.54, 1.807) is 49.4 Å². The number of carbonyl (C=O) groups excluding carboxylic acids is 1. The van der Waals surface area contributed by atoms with E-state index < -0.39 is 11.3 Å². The van der Waals surface area contributed by atoms with Gasteiger partial charge in [-0.05, 0) is 61.4 Å². The Kier molecular flexibility index (Phi) is 5.64. The number of nitrogens with one attached hydrogen (secondary N) is 1. The van der Waals surface area contributed by atoms with E-state index in [-0.39, 0.29) is 17.9 Å². The Bertz CT molecular complexity index is 1480. The fraction of sp³-hybridized carbons (Fsp3) is 0.160. The maximum Gasteiger partial charge on any atom is 0.340 e. The van der Waals surface area contributed by atoms with Crippen LogP contribution in [0.1, 0.15) is 18.1 Å². The molecule has 1 amide bonds. The summed E-state index contributed by atoms with van der Waals surface area (Å²) in [6, 6.07) is 13.1. The molecule has 1 N–H and O–H groups in total. The van der Waals surface area contributed by atoms with Crippen molar-refractivity contribution in [2.24, 2.45) is 0 Å². The van der Waals surface area contributed by atoms with E-state index in [1.165, 1.54) is 6.07 Å². The van der Waals surface area contributed by atoms with Gasteiger partial charge in [-0.1, -0.05) is 6.58 Å². The highest BCUT2D eigenvalue weighted by molar-refractivity contribution is 5.95. The van der Waals surface area contributed by atoms with Gasteiger partial charge in [-0.25, -0.2) is 9.59 Å². The van der Waals surface area contributed by atoms with Crippen LogP contribution in [0.4, 0.5) is 5.69 Å². The van der Waals surface area contributed by atoms with Crippen molar-refractivity contribution in [2.45, 2.75) is 20.3 Å². The molecule has 2 aromatic carbocycles. The third-order valence-corrected chi connectivity index (χ3v) is 4.98. The quantitative estimate of drug-likeness (QED) is 0.360.